The Morgan fingerprint density at radius 1 is 1.15 bits per heavy atom. The highest BCUT2D eigenvalue weighted by molar-refractivity contribution is 9.10. The highest BCUT2D eigenvalue weighted by Gasteiger charge is 2.15. The lowest BCUT2D eigenvalue weighted by atomic mass is 10.1. The maximum atomic E-state index is 9.70. The van der Waals surface area contributed by atoms with E-state index in [-0.39, 0.29) is 0 Å². The fourth-order valence-electron chi connectivity index (χ4n) is 3.69. The summed E-state index contributed by atoms with van der Waals surface area (Å²) in [5.41, 5.74) is 4.53. The zero-order valence-electron chi connectivity index (χ0n) is 19.2. The van der Waals surface area contributed by atoms with Crippen LogP contribution in [0, 0.1) is 18.3 Å². The molecule has 2 N–H and O–H groups in total. The van der Waals surface area contributed by atoms with E-state index in [2.05, 4.69) is 56.6 Å². The lowest BCUT2D eigenvalue weighted by molar-refractivity contribution is 0.392. The molecule has 0 spiro atoms. The molecule has 34 heavy (non-hydrogen) atoms. The number of pyridine rings is 1. The van der Waals surface area contributed by atoms with Crippen LogP contribution in [-0.2, 0) is 6.54 Å². The molecule has 0 amide bonds. The number of likely N-dealkylation sites (N-methyl/N-ethyl adjacent to an activating group) is 1. The number of benzene rings is 2. The molecule has 2 aromatic carbocycles. The van der Waals surface area contributed by atoms with E-state index in [4.69, 9.17) is 16.0 Å². The van der Waals surface area contributed by atoms with Gasteiger partial charge in [0.1, 0.15) is 17.6 Å². The van der Waals surface area contributed by atoms with E-state index in [1.165, 1.54) is 0 Å². The second kappa shape index (κ2) is 10.6. The monoisotopic (exact) mass is 537 g/mol. The zero-order chi connectivity index (χ0) is 24.2. The van der Waals surface area contributed by atoms with Crippen molar-refractivity contribution in [2.75, 3.05) is 32.5 Å². The predicted molar refractivity (Wildman–Crippen MR) is 142 cm³/mol. The first-order valence-electron chi connectivity index (χ1n) is 10.9. The lowest BCUT2D eigenvalue weighted by Crippen LogP contribution is -2.25. The number of rotatable bonds is 8. The van der Waals surface area contributed by atoms with Crippen molar-refractivity contribution >= 4 is 49.8 Å². The van der Waals surface area contributed by atoms with Crippen LogP contribution in [-0.4, -0.2) is 37.1 Å². The molecule has 0 aliphatic heterocycles. The van der Waals surface area contributed by atoms with Gasteiger partial charge in [-0.1, -0.05) is 33.6 Å². The van der Waals surface area contributed by atoms with Crippen LogP contribution < -0.4 is 10.6 Å². The molecule has 2 heterocycles. The minimum atomic E-state index is 0.447. The van der Waals surface area contributed by atoms with Crippen molar-refractivity contribution in [1.29, 1.82) is 5.26 Å². The smallest absolute Gasteiger partial charge is 0.134 e. The molecule has 4 aromatic rings. The molecule has 6 nitrogen and oxygen atoms in total. The summed E-state index contributed by atoms with van der Waals surface area (Å²) in [6, 6.07) is 15.9. The Bertz CT molecular complexity index is 1350. The van der Waals surface area contributed by atoms with Gasteiger partial charge in [-0.15, -0.1) is 0 Å². The number of nitrogens with one attached hydrogen (secondary N) is 2. The third kappa shape index (κ3) is 5.43. The molecule has 0 bridgehead atoms. The molecule has 0 unspecified atom stereocenters. The second-order valence-corrected chi connectivity index (χ2v) is 9.66. The number of halogens is 2. The summed E-state index contributed by atoms with van der Waals surface area (Å²) in [5, 5.41) is 17.9. The SMILES string of the molecule is Cc1cc(Br)cc(Cl)c1Nc1c(C#N)cnc2cc(-c3ccc(CNCCN(C)C)o3)ccc12. The van der Waals surface area contributed by atoms with Crippen molar-refractivity contribution in [2.45, 2.75) is 13.5 Å². The summed E-state index contributed by atoms with van der Waals surface area (Å²) >= 11 is 9.95. The molecular weight excluding hydrogens is 514 g/mol. The van der Waals surface area contributed by atoms with Gasteiger partial charge in [0.25, 0.3) is 0 Å². The molecule has 174 valence electrons. The van der Waals surface area contributed by atoms with Crippen molar-refractivity contribution < 1.29 is 4.42 Å². The fourth-order valence-corrected chi connectivity index (χ4v) is 4.71. The van der Waals surface area contributed by atoms with E-state index in [0.717, 1.165) is 56.8 Å². The topological polar surface area (TPSA) is 77.1 Å². The molecule has 0 radical (unpaired) electrons. The van der Waals surface area contributed by atoms with Crippen LogP contribution in [0.2, 0.25) is 5.02 Å². The first-order chi connectivity index (χ1) is 16.4. The number of fused-ring (bicyclic) bond motifs is 1. The van der Waals surface area contributed by atoms with Gasteiger partial charge in [0.05, 0.1) is 34.0 Å². The van der Waals surface area contributed by atoms with Gasteiger partial charge in [-0.05, 0) is 63.0 Å². The number of nitrogens with zero attached hydrogens (tertiary/aromatic N) is 3. The van der Waals surface area contributed by atoms with Gasteiger partial charge in [0.15, 0.2) is 0 Å². The van der Waals surface area contributed by atoms with Gasteiger partial charge in [0, 0.05) is 34.7 Å². The Hall–Kier alpha value is -2.89. The Labute approximate surface area is 212 Å². The molecular formula is C26H25BrClN5O. The van der Waals surface area contributed by atoms with E-state index >= 15 is 0 Å². The fraction of sp³-hybridized carbons (Fsp3) is 0.231. The molecule has 0 atom stereocenters. The Morgan fingerprint density at radius 3 is 2.71 bits per heavy atom. The minimum Gasteiger partial charge on any atom is -0.460 e. The number of hydrogen-bond donors (Lipinski definition) is 2. The van der Waals surface area contributed by atoms with Crippen molar-refractivity contribution in [1.82, 2.24) is 15.2 Å². The third-order valence-corrected chi connectivity index (χ3v) is 6.23. The highest BCUT2D eigenvalue weighted by atomic mass is 79.9. The van der Waals surface area contributed by atoms with E-state index in [1.54, 1.807) is 6.20 Å². The van der Waals surface area contributed by atoms with Crippen molar-refractivity contribution in [2.24, 2.45) is 0 Å². The molecule has 0 saturated carbocycles. The molecule has 0 aliphatic rings. The van der Waals surface area contributed by atoms with Crippen LogP contribution in [0.15, 0.2) is 57.6 Å². The zero-order valence-corrected chi connectivity index (χ0v) is 21.6. The largest absolute Gasteiger partial charge is 0.460 e. The quantitative estimate of drug-likeness (QED) is 0.250. The third-order valence-electron chi connectivity index (χ3n) is 5.47. The van der Waals surface area contributed by atoms with Gasteiger partial charge in [0.2, 0.25) is 0 Å². The van der Waals surface area contributed by atoms with Crippen LogP contribution in [0.5, 0.6) is 0 Å². The van der Waals surface area contributed by atoms with Gasteiger partial charge >= 0.3 is 0 Å². The van der Waals surface area contributed by atoms with E-state index < -0.39 is 0 Å². The molecule has 0 saturated heterocycles. The first-order valence-corrected chi connectivity index (χ1v) is 12.0. The summed E-state index contributed by atoms with van der Waals surface area (Å²) in [6.45, 7) is 4.50. The van der Waals surface area contributed by atoms with Gasteiger partial charge in [-0.25, -0.2) is 0 Å². The minimum absolute atomic E-state index is 0.447. The summed E-state index contributed by atoms with van der Waals surface area (Å²) in [7, 11) is 4.10. The average Bonchev–Trinajstić information content (AvgIpc) is 3.27. The second-order valence-electron chi connectivity index (χ2n) is 8.34. The molecule has 2 aromatic heterocycles. The summed E-state index contributed by atoms with van der Waals surface area (Å²) in [5.74, 6) is 1.66. The van der Waals surface area contributed by atoms with Crippen LogP contribution >= 0.6 is 27.5 Å². The number of aromatic nitrogens is 1. The standard InChI is InChI=1S/C26H25BrClN5O/c1-16-10-19(27)12-22(28)25(16)32-26-18(13-29)14-31-23-11-17(4-6-21(23)26)24-7-5-20(34-24)15-30-8-9-33(2)3/h4-7,10-12,14,30H,8-9,15H2,1-3H3,(H,31,32). The van der Waals surface area contributed by atoms with Crippen LogP contribution in [0.3, 0.4) is 0 Å². The van der Waals surface area contributed by atoms with Crippen molar-refractivity contribution in [3.05, 3.63) is 75.0 Å². The van der Waals surface area contributed by atoms with E-state index in [1.807, 2.05) is 49.4 Å². The molecule has 4 rings (SSSR count). The number of nitriles is 1. The van der Waals surface area contributed by atoms with Crippen LogP contribution in [0.4, 0.5) is 11.4 Å². The van der Waals surface area contributed by atoms with Gasteiger partial charge in [-0.3, -0.25) is 4.98 Å². The number of anilines is 2. The Morgan fingerprint density at radius 2 is 1.97 bits per heavy atom. The van der Waals surface area contributed by atoms with Crippen molar-refractivity contribution in [3.63, 3.8) is 0 Å². The Kier molecular flexibility index (Phi) is 7.54. The maximum absolute atomic E-state index is 9.70. The summed E-state index contributed by atoms with van der Waals surface area (Å²) in [6.07, 6.45) is 1.58. The predicted octanol–water partition coefficient (Wildman–Crippen LogP) is 6.49. The van der Waals surface area contributed by atoms with Gasteiger partial charge in [-0.2, -0.15) is 5.26 Å². The molecule has 8 heteroatoms. The first kappa shape index (κ1) is 24.2. The van der Waals surface area contributed by atoms with Crippen LogP contribution in [0.1, 0.15) is 16.9 Å². The highest BCUT2D eigenvalue weighted by Crippen LogP contribution is 2.37. The Balaban J connectivity index is 1.63. The van der Waals surface area contributed by atoms with Gasteiger partial charge < -0.3 is 20.0 Å². The normalized spacial score (nSPS) is 11.2. The van der Waals surface area contributed by atoms with E-state index in [9.17, 15) is 5.26 Å². The summed E-state index contributed by atoms with van der Waals surface area (Å²) in [4.78, 5) is 6.66. The maximum Gasteiger partial charge on any atom is 0.134 e. The van der Waals surface area contributed by atoms with E-state index in [0.29, 0.717) is 22.8 Å². The number of hydrogen-bond acceptors (Lipinski definition) is 6. The molecule has 0 fully saturated rings. The lowest BCUT2D eigenvalue weighted by Gasteiger charge is -2.15. The number of furan rings is 1. The summed E-state index contributed by atoms with van der Waals surface area (Å²) < 4.78 is 6.94. The molecule has 0 aliphatic carbocycles. The average molecular weight is 539 g/mol. The van der Waals surface area contributed by atoms with Crippen LogP contribution in [0.25, 0.3) is 22.2 Å². The van der Waals surface area contributed by atoms with Crippen molar-refractivity contribution in [3.8, 4) is 17.4 Å². The number of aryl methyl sites for hydroxylation is 1.